The standard InChI is InChI=1S/C14H16N2O3S/c1-11-2-3-13(14(17)10-11)16-20(18,19)9-6-12-4-7-15-8-5-12/h2-5,7-8,10,16-17H,6,9H2,1H3. The first-order valence-corrected chi connectivity index (χ1v) is 7.80. The number of phenols is 1. The van der Waals surface area contributed by atoms with Crippen molar-refractivity contribution >= 4 is 15.7 Å². The minimum Gasteiger partial charge on any atom is -0.506 e. The SMILES string of the molecule is Cc1ccc(NS(=O)(=O)CCc2ccncc2)c(O)c1. The molecule has 0 bridgehead atoms. The van der Waals surface area contributed by atoms with Gasteiger partial charge in [-0.1, -0.05) is 6.07 Å². The molecule has 0 saturated heterocycles. The first-order chi connectivity index (χ1) is 9.46. The Labute approximate surface area is 118 Å². The number of rotatable bonds is 5. The fourth-order valence-corrected chi connectivity index (χ4v) is 2.86. The van der Waals surface area contributed by atoms with Crippen molar-refractivity contribution in [3.05, 3.63) is 53.9 Å². The summed E-state index contributed by atoms with van der Waals surface area (Å²) in [5.74, 6) is -0.123. The number of phenolic OH excluding ortho intramolecular Hbond substituents is 1. The van der Waals surface area contributed by atoms with Gasteiger partial charge in [0.1, 0.15) is 5.75 Å². The van der Waals surface area contributed by atoms with Crippen LogP contribution < -0.4 is 4.72 Å². The van der Waals surface area contributed by atoms with Gasteiger partial charge in [0, 0.05) is 12.4 Å². The molecule has 0 aliphatic carbocycles. The lowest BCUT2D eigenvalue weighted by molar-refractivity contribution is 0.477. The van der Waals surface area contributed by atoms with E-state index >= 15 is 0 Å². The van der Waals surface area contributed by atoms with Crippen LogP contribution >= 0.6 is 0 Å². The van der Waals surface area contributed by atoms with Crippen molar-refractivity contribution in [2.75, 3.05) is 10.5 Å². The number of hydrogen-bond donors (Lipinski definition) is 2. The Morgan fingerprint density at radius 1 is 1.20 bits per heavy atom. The molecular formula is C14H16N2O3S. The molecule has 0 aliphatic rings. The lowest BCUT2D eigenvalue weighted by atomic mass is 10.2. The fraction of sp³-hybridized carbons (Fsp3) is 0.214. The van der Waals surface area contributed by atoms with Crippen molar-refractivity contribution in [3.8, 4) is 5.75 Å². The zero-order valence-corrected chi connectivity index (χ0v) is 11.9. The first-order valence-electron chi connectivity index (χ1n) is 6.15. The number of sulfonamides is 1. The molecule has 0 saturated carbocycles. The van der Waals surface area contributed by atoms with E-state index in [1.54, 1.807) is 36.7 Å². The summed E-state index contributed by atoms with van der Waals surface area (Å²) in [4.78, 5) is 3.88. The van der Waals surface area contributed by atoms with E-state index in [9.17, 15) is 13.5 Å². The molecule has 0 atom stereocenters. The lowest BCUT2D eigenvalue weighted by Crippen LogP contribution is -2.18. The third-order valence-corrected chi connectivity index (χ3v) is 4.10. The summed E-state index contributed by atoms with van der Waals surface area (Å²) < 4.78 is 26.3. The molecule has 1 aromatic heterocycles. The van der Waals surface area contributed by atoms with Crippen molar-refractivity contribution in [1.29, 1.82) is 0 Å². The van der Waals surface area contributed by atoms with Crippen LogP contribution in [0.5, 0.6) is 5.75 Å². The van der Waals surface area contributed by atoms with E-state index in [4.69, 9.17) is 0 Å². The van der Waals surface area contributed by atoms with Crippen molar-refractivity contribution in [3.63, 3.8) is 0 Å². The topological polar surface area (TPSA) is 79.3 Å². The van der Waals surface area contributed by atoms with Crippen LogP contribution in [0.1, 0.15) is 11.1 Å². The van der Waals surface area contributed by atoms with Gasteiger partial charge in [-0.2, -0.15) is 0 Å². The summed E-state index contributed by atoms with van der Waals surface area (Å²) in [7, 11) is -3.50. The number of nitrogens with one attached hydrogen (secondary N) is 1. The number of aromatic nitrogens is 1. The van der Waals surface area contributed by atoms with Gasteiger partial charge >= 0.3 is 0 Å². The van der Waals surface area contributed by atoms with Gasteiger partial charge in [0.05, 0.1) is 11.4 Å². The van der Waals surface area contributed by atoms with Crippen molar-refractivity contribution < 1.29 is 13.5 Å². The number of anilines is 1. The first kappa shape index (κ1) is 14.3. The summed E-state index contributed by atoms with van der Waals surface area (Å²) in [6.07, 6.45) is 3.65. The summed E-state index contributed by atoms with van der Waals surface area (Å²) in [5.41, 5.74) is 1.96. The Balaban J connectivity index is 2.04. The van der Waals surface area contributed by atoms with Crippen molar-refractivity contribution in [1.82, 2.24) is 4.98 Å². The minimum absolute atomic E-state index is 0.0513. The molecule has 0 unspecified atom stereocenters. The number of hydrogen-bond acceptors (Lipinski definition) is 4. The Bertz CT molecular complexity index is 685. The number of aromatic hydroxyl groups is 1. The Morgan fingerprint density at radius 3 is 2.55 bits per heavy atom. The van der Waals surface area contributed by atoms with Gasteiger partial charge in [0.2, 0.25) is 10.0 Å². The number of pyridine rings is 1. The molecule has 5 nitrogen and oxygen atoms in total. The molecule has 2 rings (SSSR count). The maximum Gasteiger partial charge on any atom is 0.233 e. The molecule has 0 radical (unpaired) electrons. The van der Waals surface area contributed by atoms with E-state index < -0.39 is 10.0 Å². The van der Waals surface area contributed by atoms with Gasteiger partial charge in [0.15, 0.2) is 0 Å². The van der Waals surface area contributed by atoms with Crippen molar-refractivity contribution in [2.24, 2.45) is 0 Å². The van der Waals surface area contributed by atoms with Gasteiger partial charge < -0.3 is 5.11 Å². The second-order valence-electron chi connectivity index (χ2n) is 4.55. The fourth-order valence-electron chi connectivity index (χ4n) is 1.75. The molecule has 0 spiro atoms. The maximum atomic E-state index is 12.0. The van der Waals surface area contributed by atoms with Crippen molar-refractivity contribution in [2.45, 2.75) is 13.3 Å². The van der Waals surface area contributed by atoms with E-state index in [0.29, 0.717) is 6.42 Å². The summed E-state index contributed by atoms with van der Waals surface area (Å²) in [6, 6.07) is 8.35. The third-order valence-electron chi connectivity index (χ3n) is 2.83. The highest BCUT2D eigenvalue weighted by atomic mass is 32.2. The average molecular weight is 292 g/mol. The zero-order valence-electron chi connectivity index (χ0n) is 11.1. The molecular weight excluding hydrogens is 276 g/mol. The van der Waals surface area contributed by atoms with Crippen LogP contribution in [0.4, 0.5) is 5.69 Å². The molecule has 1 heterocycles. The normalized spacial score (nSPS) is 11.2. The molecule has 0 aliphatic heterocycles. The predicted molar refractivity (Wildman–Crippen MR) is 78.2 cm³/mol. The molecule has 2 N–H and O–H groups in total. The lowest BCUT2D eigenvalue weighted by Gasteiger charge is -2.10. The van der Waals surface area contributed by atoms with Gasteiger partial charge in [0.25, 0.3) is 0 Å². The van der Waals surface area contributed by atoms with Crippen LogP contribution in [0.15, 0.2) is 42.7 Å². The monoisotopic (exact) mass is 292 g/mol. The third kappa shape index (κ3) is 3.96. The van der Waals surface area contributed by atoms with Gasteiger partial charge in [-0.15, -0.1) is 0 Å². The Kier molecular flexibility index (Phi) is 4.24. The van der Waals surface area contributed by atoms with Gasteiger partial charge in [-0.25, -0.2) is 8.42 Å². The minimum atomic E-state index is -3.50. The highest BCUT2D eigenvalue weighted by Crippen LogP contribution is 2.25. The molecule has 20 heavy (non-hydrogen) atoms. The van der Waals surface area contributed by atoms with Crippen LogP contribution in [-0.2, 0) is 16.4 Å². The van der Waals surface area contributed by atoms with Crippen LogP contribution in [0.25, 0.3) is 0 Å². The van der Waals surface area contributed by atoms with E-state index in [1.165, 1.54) is 6.07 Å². The molecule has 2 aromatic rings. The number of benzene rings is 1. The van der Waals surface area contributed by atoms with Crippen LogP contribution in [-0.4, -0.2) is 24.3 Å². The van der Waals surface area contributed by atoms with E-state index in [-0.39, 0.29) is 17.2 Å². The molecule has 0 fully saturated rings. The summed E-state index contributed by atoms with van der Waals surface area (Å²) in [5, 5.41) is 9.70. The molecule has 6 heteroatoms. The largest absolute Gasteiger partial charge is 0.506 e. The predicted octanol–water partition coefficient (Wildman–Crippen LogP) is 2.08. The van der Waals surface area contributed by atoms with E-state index in [0.717, 1.165) is 11.1 Å². The van der Waals surface area contributed by atoms with E-state index in [1.807, 2.05) is 6.92 Å². The van der Waals surface area contributed by atoms with Crippen LogP contribution in [0.3, 0.4) is 0 Å². The zero-order chi connectivity index (χ0) is 14.6. The highest BCUT2D eigenvalue weighted by Gasteiger charge is 2.13. The highest BCUT2D eigenvalue weighted by molar-refractivity contribution is 7.92. The number of aryl methyl sites for hydroxylation is 2. The van der Waals surface area contributed by atoms with Crippen LogP contribution in [0.2, 0.25) is 0 Å². The molecule has 106 valence electrons. The number of nitrogens with zero attached hydrogens (tertiary/aromatic N) is 1. The van der Waals surface area contributed by atoms with E-state index in [2.05, 4.69) is 9.71 Å². The van der Waals surface area contributed by atoms with Gasteiger partial charge in [-0.3, -0.25) is 9.71 Å². The second-order valence-corrected chi connectivity index (χ2v) is 6.39. The molecule has 1 aromatic carbocycles. The second kappa shape index (κ2) is 5.92. The molecule has 0 amide bonds. The summed E-state index contributed by atoms with van der Waals surface area (Å²) >= 11 is 0. The Hall–Kier alpha value is -2.08. The Morgan fingerprint density at radius 2 is 1.90 bits per heavy atom. The van der Waals surface area contributed by atoms with Gasteiger partial charge in [-0.05, 0) is 48.7 Å². The summed E-state index contributed by atoms with van der Waals surface area (Å²) in [6.45, 7) is 1.82. The average Bonchev–Trinajstić information content (AvgIpc) is 2.41. The quantitative estimate of drug-likeness (QED) is 0.827. The van der Waals surface area contributed by atoms with Crippen LogP contribution in [0, 0.1) is 6.92 Å². The maximum absolute atomic E-state index is 12.0. The smallest absolute Gasteiger partial charge is 0.233 e.